The van der Waals surface area contributed by atoms with Crippen LogP contribution in [-0.2, 0) is 13.6 Å². The predicted octanol–water partition coefficient (Wildman–Crippen LogP) is 4.13. The number of nitrogens with one attached hydrogen (secondary N) is 1. The fourth-order valence-electron chi connectivity index (χ4n) is 3.84. The summed E-state index contributed by atoms with van der Waals surface area (Å²) in [5.41, 5.74) is 3.11. The van der Waals surface area contributed by atoms with Crippen molar-refractivity contribution in [2.24, 2.45) is 7.05 Å². The van der Waals surface area contributed by atoms with Crippen LogP contribution in [0.15, 0.2) is 47.0 Å². The zero-order valence-corrected chi connectivity index (χ0v) is 14.7. The van der Waals surface area contributed by atoms with Crippen molar-refractivity contribution in [3.63, 3.8) is 0 Å². The summed E-state index contributed by atoms with van der Waals surface area (Å²) in [5, 5.41) is 4.16. The second kappa shape index (κ2) is 6.31. The Labute approximate surface area is 147 Å². The molecular formula is C20H23N3O2. The molecule has 0 bridgehead atoms. The average Bonchev–Trinajstić information content (AvgIpc) is 3.30. The molecule has 1 N–H and O–H groups in total. The van der Waals surface area contributed by atoms with Gasteiger partial charge in [0.1, 0.15) is 11.3 Å². The molecule has 25 heavy (non-hydrogen) atoms. The van der Waals surface area contributed by atoms with Crippen LogP contribution < -0.4 is 5.32 Å². The summed E-state index contributed by atoms with van der Waals surface area (Å²) in [4.78, 5) is 14.7. The number of benzene rings is 1. The van der Waals surface area contributed by atoms with Gasteiger partial charge < -0.3 is 19.2 Å². The summed E-state index contributed by atoms with van der Waals surface area (Å²) >= 11 is 0. The molecule has 2 amide bonds. The number of furan rings is 1. The summed E-state index contributed by atoms with van der Waals surface area (Å²) in [6.45, 7) is 3.23. The first-order valence-corrected chi connectivity index (χ1v) is 8.78. The smallest absolute Gasteiger partial charge is 0.318 e. The molecule has 1 fully saturated rings. The lowest BCUT2D eigenvalue weighted by Gasteiger charge is -2.25. The maximum Gasteiger partial charge on any atom is 0.318 e. The van der Waals surface area contributed by atoms with Crippen LogP contribution in [0, 0.1) is 6.92 Å². The molecule has 130 valence electrons. The van der Waals surface area contributed by atoms with Gasteiger partial charge in [-0.3, -0.25) is 0 Å². The Hall–Kier alpha value is -2.69. The second-order valence-corrected chi connectivity index (χ2v) is 6.69. The number of aryl methyl sites for hydroxylation is 2. The van der Waals surface area contributed by atoms with Crippen LogP contribution in [0.4, 0.5) is 4.79 Å². The molecule has 0 spiro atoms. The van der Waals surface area contributed by atoms with Crippen molar-refractivity contribution in [3.05, 3.63) is 59.6 Å². The van der Waals surface area contributed by atoms with E-state index in [4.69, 9.17) is 4.42 Å². The highest BCUT2D eigenvalue weighted by atomic mass is 16.3. The summed E-state index contributed by atoms with van der Waals surface area (Å²) in [7, 11) is 2.03. The van der Waals surface area contributed by atoms with Crippen LogP contribution in [0.2, 0.25) is 0 Å². The molecule has 1 aromatic carbocycles. The maximum absolute atomic E-state index is 12.8. The molecule has 2 aromatic heterocycles. The summed E-state index contributed by atoms with van der Waals surface area (Å²) in [6.07, 6.45) is 4.08. The molecule has 0 radical (unpaired) electrons. The predicted molar refractivity (Wildman–Crippen MR) is 97.3 cm³/mol. The first-order valence-electron chi connectivity index (χ1n) is 8.78. The van der Waals surface area contributed by atoms with Gasteiger partial charge >= 0.3 is 6.03 Å². The number of hydrogen-bond acceptors (Lipinski definition) is 2. The van der Waals surface area contributed by atoms with Gasteiger partial charge in [-0.05, 0) is 38.0 Å². The van der Waals surface area contributed by atoms with Gasteiger partial charge in [-0.25, -0.2) is 4.79 Å². The van der Waals surface area contributed by atoms with Crippen LogP contribution in [0.3, 0.4) is 0 Å². The van der Waals surface area contributed by atoms with E-state index in [0.717, 1.165) is 41.7 Å². The number of amides is 2. The van der Waals surface area contributed by atoms with Gasteiger partial charge in [0.15, 0.2) is 0 Å². The zero-order chi connectivity index (χ0) is 17.4. The Balaban J connectivity index is 1.50. The largest absolute Gasteiger partial charge is 0.461 e. The second-order valence-electron chi connectivity index (χ2n) is 6.69. The minimum Gasteiger partial charge on any atom is -0.461 e. The SMILES string of the molecule is Cc1oc2ccccc2c1CNC(=O)N1CCCC1c1cccn1C. The number of para-hydroxylation sites is 1. The molecule has 0 aliphatic carbocycles. The highest BCUT2D eigenvalue weighted by Gasteiger charge is 2.31. The molecule has 5 nitrogen and oxygen atoms in total. The Morgan fingerprint density at radius 2 is 2.12 bits per heavy atom. The number of aromatic nitrogens is 1. The number of hydrogen-bond donors (Lipinski definition) is 1. The molecule has 1 atom stereocenters. The first kappa shape index (κ1) is 15.8. The molecule has 0 saturated carbocycles. The standard InChI is InChI=1S/C20H23N3O2/c1-14-16(15-7-3-4-10-19(15)25-14)13-21-20(24)23-12-6-9-18(23)17-8-5-11-22(17)2/h3-5,7-8,10-11,18H,6,9,12-13H2,1-2H3,(H,21,24). The van der Waals surface area contributed by atoms with Gasteiger partial charge in [0.2, 0.25) is 0 Å². The molecule has 3 heterocycles. The number of carbonyl (C=O) groups is 1. The van der Waals surface area contributed by atoms with Crippen LogP contribution in [0.5, 0.6) is 0 Å². The molecule has 4 rings (SSSR count). The van der Waals surface area contributed by atoms with Crippen molar-refractivity contribution >= 4 is 17.0 Å². The third-order valence-electron chi connectivity index (χ3n) is 5.16. The summed E-state index contributed by atoms with van der Waals surface area (Å²) < 4.78 is 7.89. The van der Waals surface area contributed by atoms with E-state index in [-0.39, 0.29) is 12.1 Å². The van der Waals surface area contributed by atoms with Gasteiger partial charge in [0.05, 0.1) is 6.04 Å². The van der Waals surface area contributed by atoms with E-state index < -0.39 is 0 Å². The van der Waals surface area contributed by atoms with Crippen LogP contribution in [0.25, 0.3) is 11.0 Å². The highest BCUT2D eigenvalue weighted by Crippen LogP contribution is 2.32. The zero-order valence-electron chi connectivity index (χ0n) is 14.7. The van der Waals surface area contributed by atoms with Crippen molar-refractivity contribution in [3.8, 4) is 0 Å². The highest BCUT2D eigenvalue weighted by molar-refractivity contribution is 5.83. The van der Waals surface area contributed by atoms with Crippen LogP contribution in [0.1, 0.15) is 35.9 Å². The quantitative estimate of drug-likeness (QED) is 0.781. The molecular weight excluding hydrogens is 314 g/mol. The van der Waals surface area contributed by atoms with Gasteiger partial charge in [-0.1, -0.05) is 18.2 Å². The van der Waals surface area contributed by atoms with Gasteiger partial charge in [-0.2, -0.15) is 0 Å². The van der Waals surface area contributed by atoms with E-state index in [1.807, 2.05) is 55.4 Å². The third-order valence-corrected chi connectivity index (χ3v) is 5.16. The first-order chi connectivity index (χ1) is 12.1. The number of nitrogens with zero attached hydrogens (tertiary/aromatic N) is 2. The lowest BCUT2D eigenvalue weighted by molar-refractivity contribution is 0.191. The average molecular weight is 337 g/mol. The number of fused-ring (bicyclic) bond motifs is 1. The molecule has 1 saturated heterocycles. The Morgan fingerprint density at radius 1 is 1.28 bits per heavy atom. The van der Waals surface area contributed by atoms with Crippen LogP contribution >= 0.6 is 0 Å². The number of rotatable bonds is 3. The number of carbonyl (C=O) groups excluding carboxylic acids is 1. The molecule has 3 aromatic rings. The lowest BCUT2D eigenvalue weighted by Crippen LogP contribution is -2.39. The molecule has 1 aliphatic rings. The van der Waals surface area contributed by atoms with Gasteiger partial charge in [-0.15, -0.1) is 0 Å². The van der Waals surface area contributed by atoms with E-state index in [1.54, 1.807) is 0 Å². The van der Waals surface area contributed by atoms with Crippen molar-refractivity contribution in [2.45, 2.75) is 32.4 Å². The Morgan fingerprint density at radius 3 is 2.92 bits per heavy atom. The van der Waals surface area contributed by atoms with Crippen LogP contribution in [-0.4, -0.2) is 22.0 Å². The van der Waals surface area contributed by atoms with Gasteiger partial charge in [0, 0.05) is 43.0 Å². The molecule has 5 heteroatoms. The van der Waals surface area contributed by atoms with Crippen molar-refractivity contribution < 1.29 is 9.21 Å². The molecule has 1 aliphatic heterocycles. The van der Waals surface area contributed by atoms with E-state index in [1.165, 1.54) is 5.69 Å². The lowest BCUT2D eigenvalue weighted by atomic mass is 10.1. The monoisotopic (exact) mass is 337 g/mol. The van der Waals surface area contributed by atoms with E-state index in [2.05, 4.69) is 16.0 Å². The van der Waals surface area contributed by atoms with Crippen molar-refractivity contribution in [1.82, 2.24) is 14.8 Å². The topological polar surface area (TPSA) is 50.4 Å². The van der Waals surface area contributed by atoms with Crippen molar-refractivity contribution in [1.29, 1.82) is 0 Å². The van der Waals surface area contributed by atoms with E-state index >= 15 is 0 Å². The van der Waals surface area contributed by atoms with E-state index in [0.29, 0.717) is 6.54 Å². The normalized spacial score (nSPS) is 17.4. The number of likely N-dealkylation sites (tertiary alicyclic amines) is 1. The maximum atomic E-state index is 12.8. The number of urea groups is 1. The summed E-state index contributed by atoms with van der Waals surface area (Å²) in [6, 6.07) is 12.2. The Bertz CT molecular complexity index is 909. The minimum absolute atomic E-state index is 0.00613. The third kappa shape index (κ3) is 2.80. The van der Waals surface area contributed by atoms with E-state index in [9.17, 15) is 4.79 Å². The fraction of sp³-hybridized carbons (Fsp3) is 0.350. The van der Waals surface area contributed by atoms with Crippen molar-refractivity contribution in [2.75, 3.05) is 6.54 Å². The fourth-order valence-corrected chi connectivity index (χ4v) is 3.84. The summed E-state index contributed by atoms with van der Waals surface area (Å²) in [5.74, 6) is 0.863. The minimum atomic E-state index is -0.00613. The molecule has 1 unspecified atom stereocenters. The van der Waals surface area contributed by atoms with Gasteiger partial charge in [0.25, 0.3) is 0 Å². The Kier molecular flexibility index (Phi) is 3.99.